The van der Waals surface area contributed by atoms with Crippen LogP contribution in [0.2, 0.25) is 0 Å². The van der Waals surface area contributed by atoms with Crippen LogP contribution in [0.3, 0.4) is 0 Å². The quantitative estimate of drug-likeness (QED) is 0.808. The van der Waals surface area contributed by atoms with E-state index in [9.17, 15) is 9.59 Å². The largest absolute Gasteiger partial charge is 0.365 e. The Labute approximate surface area is 162 Å². The zero-order valence-corrected chi connectivity index (χ0v) is 16.2. The summed E-state index contributed by atoms with van der Waals surface area (Å²) in [6, 6.07) is 8.23. The Bertz CT molecular complexity index is 851. The summed E-state index contributed by atoms with van der Waals surface area (Å²) in [6.07, 6.45) is 0.563. The molecule has 1 saturated heterocycles. The Kier molecular flexibility index (Phi) is 5.22. The van der Waals surface area contributed by atoms with Crippen LogP contribution in [-0.4, -0.2) is 58.9 Å². The standard InChI is InChI=1S/C20H23N3O3S/c1-14-21-17(13-27-14)10-19(24)22-8-9-26-18(12-22)20(25)23-7-6-15-4-2-3-5-16(15)11-23/h2-5,13,18H,6-12H2,1H3/t18-/m0/s1. The van der Waals surface area contributed by atoms with Gasteiger partial charge in [0, 0.05) is 25.0 Å². The zero-order chi connectivity index (χ0) is 18.8. The Morgan fingerprint density at radius 3 is 2.81 bits per heavy atom. The first kappa shape index (κ1) is 18.1. The van der Waals surface area contributed by atoms with Gasteiger partial charge in [0.1, 0.15) is 0 Å². The average molecular weight is 385 g/mol. The van der Waals surface area contributed by atoms with Gasteiger partial charge in [-0.2, -0.15) is 0 Å². The lowest BCUT2D eigenvalue weighted by Crippen LogP contribution is -2.53. The van der Waals surface area contributed by atoms with Gasteiger partial charge in [-0.25, -0.2) is 4.98 Å². The Balaban J connectivity index is 1.38. The van der Waals surface area contributed by atoms with E-state index in [1.54, 1.807) is 16.2 Å². The summed E-state index contributed by atoms with van der Waals surface area (Å²) < 4.78 is 5.72. The minimum Gasteiger partial charge on any atom is -0.365 e. The third kappa shape index (κ3) is 4.04. The smallest absolute Gasteiger partial charge is 0.253 e. The van der Waals surface area contributed by atoms with Crippen LogP contribution in [0.25, 0.3) is 0 Å². The van der Waals surface area contributed by atoms with E-state index < -0.39 is 6.10 Å². The van der Waals surface area contributed by atoms with Crippen molar-refractivity contribution in [2.45, 2.75) is 32.4 Å². The van der Waals surface area contributed by atoms with E-state index in [4.69, 9.17) is 4.74 Å². The summed E-state index contributed by atoms with van der Waals surface area (Å²) in [6.45, 7) is 4.47. The molecule has 27 heavy (non-hydrogen) atoms. The lowest BCUT2D eigenvalue weighted by atomic mass is 9.99. The normalized spacial score (nSPS) is 19.7. The number of thiazole rings is 1. The van der Waals surface area contributed by atoms with Gasteiger partial charge in [-0.05, 0) is 24.5 Å². The maximum Gasteiger partial charge on any atom is 0.253 e. The number of hydrogen-bond donors (Lipinski definition) is 0. The highest BCUT2D eigenvalue weighted by Gasteiger charge is 2.33. The molecule has 0 radical (unpaired) electrons. The highest BCUT2D eigenvalue weighted by Crippen LogP contribution is 2.20. The molecule has 7 heteroatoms. The third-order valence-corrected chi connectivity index (χ3v) is 5.96. The van der Waals surface area contributed by atoms with Gasteiger partial charge in [0.05, 0.1) is 30.3 Å². The van der Waals surface area contributed by atoms with Crippen LogP contribution in [0.4, 0.5) is 0 Å². The number of fused-ring (bicyclic) bond motifs is 1. The summed E-state index contributed by atoms with van der Waals surface area (Å²) in [5.74, 6) is -0.0168. The van der Waals surface area contributed by atoms with Gasteiger partial charge in [0.25, 0.3) is 5.91 Å². The molecule has 3 heterocycles. The van der Waals surface area contributed by atoms with E-state index in [2.05, 4.69) is 17.1 Å². The van der Waals surface area contributed by atoms with E-state index >= 15 is 0 Å². The number of carbonyl (C=O) groups is 2. The predicted molar refractivity (Wildman–Crippen MR) is 102 cm³/mol. The van der Waals surface area contributed by atoms with Gasteiger partial charge in [0.2, 0.25) is 5.91 Å². The Morgan fingerprint density at radius 1 is 1.22 bits per heavy atom. The monoisotopic (exact) mass is 385 g/mol. The molecule has 6 nitrogen and oxygen atoms in total. The second-order valence-electron chi connectivity index (χ2n) is 7.01. The van der Waals surface area contributed by atoms with E-state index in [-0.39, 0.29) is 18.2 Å². The zero-order valence-electron chi connectivity index (χ0n) is 15.4. The second kappa shape index (κ2) is 7.78. The number of ether oxygens (including phenoxy) is 1. The number of carbonyl (C=O) groups excluding carboxylic acids is 2. The molecule has 0 N–H and O–H groups in total. The maximum atomic E-state index is 12.9. The molecule has 2 aromatic rings. The van der Waals surface area contributed by atoms with Gasteiger partial charge < -0.3 is 14.5 Å². The molecule has 0 spiro atoms. The van der Waals surface area contributed by atoms with Crippen molar-refractivity contribution < 1.29 is 14.3 Å². The number of hydrogen-bond acceptors (Lipinski definition) is 5. The summed E-state index contributed by atoms with van der Waals surface area (Å²) in [7, 11) is 0. The number of aromatic nitrogens is 1. The minimum absolute atomic E-state index is 0.00499. The maximum absolute atomic E-state index is 12.9. The van der Waals surface area contributed by atoms with E-state index in [1.807, 2.05) is 29.3 Å². The molecular weight excluding hydrogens is 362 g/mol. The number of amides is 2. The summed E-state index contributed by atoms with van der Waals surface area (Å²) in [5, 5.41) is 2.87. The molecule has 0 aliphatic carbocycles. The van der Waals surface area contributed by atoms with Crippen molar-refractivity contribution in [3.05, 3.63) is 51.5 Å². The molecule has 1 fully saturated rings. The Morgan fingerprint density at radius 2 is 2.04 bits per heavy atom. The minimum atomic E-state index is -0.579. The van der Waals surface area contributed by atoms with Gasteiger partial charge in [-0.3, -0.25) is 9.59 Å². The van der Waals surface area contributed by atoms with Crippen molar-refractivity contribution in [2.75, 3.05) is 26.2 Å². The van der Waals surface area contributed by atoms with Crippen molar-refractivity contribution in [3.63, 3.8) is 0 Å². The number of benzene rings is 1. The number of nitrogens with zero attached hydrogens (tertiary/aromatic N) is 3. The van der Waals surface area contributed by atoms with Crippen LogP contribution in [-0.2, 0) is 33.7 Å². The van der Waals surface area contributed by atoms with Crippen molar-refractivity contribution >= 4 is 23.2 Å². The second-order valence-corrected chi connectivity index (χ2v) is 8.07. The van der Waals surface area contributed by atoms with Crippen LogP contribution in [0.15, 0.2) is 29.6 Å². The van der Waals surface area contributed by atoms with E-state index in [1.165, 1.54) is 11.1 Å². The molecule has 4 rings (SSSR count). The van der Waals surface area contributed by atoms with Gasteiger partial charge in [-0.15, -0.1) is 11.3 Å². The third-order valence-electron chi connectivity index (χ3n) is 5.14. The van der Waals surface area contributed by atoms with Gasteiger partial charge in [-0.1, -0.05) is 24.3 Å². The van der Waals surface area contributed by atoms with E-state index in [0.29, 0.717) is 32.8 Å². The number of rotatable bonds is 3. The Hall–Kier alpha value is -2.25. The van der Waals surface area contributed by atoms with Crippen LogP contribution < -0.4 is 0 Å². The molecule has 2 aliphatic heterocycles. The summed E-state index contributed by atoms with van der Waals surface area (Å²) >= 11 is 1.54. The lowest BCUT2D eigenvalue weighted by Gasteiger charge is -2.36. The highest BCUT2D eigenvalue weighted by atomic mass is 32.1. The van der Waals surface area contributed by atoms with Crippen molar-refractivity contribution in [3.8, 4) is 0 Å². The van der Waals surface area contributed by atoms with Gasteiger partial charge >= 0.3 is 0 Å². The summed E-state index contributed by atoms with van der Waals surface area (Å²) in [5.41, 5.74) is 3.30. The number of aryl methyl sites for hydroxylation is 1. The number of morpholine rings is 1. The highest BCUT2D eigenvalue weighted by molar-refractivity contribution is 7.09. The fourth-order valence-electron chi connectivity index (χ4n) is 3.67. The topological polar surface area (TPSA) is 62.7 Å². The van der Waals surface area contributed by atoms with Crippen LogP contribution in [0.1, 0.15) is 21.8 Å². The molecule has 1 atom stereocenters. The molecule has 0 saturated carbocycles. The van der Waals surface area contributed by atoms with Crippen molar-refractivity contribution in [2.24, 2.45) is 0 Å². The van der Waals surface area contributed by atoms with Crippen LogP contribution >= 0.6 is 11.3 Å². The lowest BCUT2D eigenvalue weighted by molar-refractivity contribution is -0.154. The van der Waals surface area contributed by atoms with E-state index in [0.717, 1.165) is 17.1 Å². The first-order chi connectivity index (χ1) is 13.1. The predicted octanol–water partition coefficient (Wildman–Crippen LogP) is 1.81. The SMILES string of the molecule is Cc1nc(CC(=O)N2CCO[C@H](C(=O)N3CCc4ccccc4C3)C2)cs1. The molecule has 0 bridgehead atoms. The fraction of sp³-hybridized carbons (Fsp3) is 0.450. The first-order valence-electron chi connectivity index (χ1n) is 9.26. The molecule has 1 aromatic heterocycles. The van der Waals surface area contributed by atoms with Crippen molar-refractivity contribution in [1.82, 2.24) is 14.8 Å². The molecule has 0 unspecified atom stereocenters. The molecule has 1 aromatic carbocycles. The van der Waals surface area contributed by atoms with Gasteiger partial charge in [0.15, 0.2) is 6.10 Å². The first-order valence-corrected chi connectivity index (χ1v) is 10.1. The average Bonchev–Trinajstić information content (AvgIpc) is 3.11. The van der Waals surface area contributed by atoms with Crippen LogP contribution in [0.5, 0.6) is 0 Å². The molecule has 2 amide bonds. The molecular formula is C20H23N3O3S. The van der Waals surface area contributed by atoms with Crippen LogP contribution in [0, 0.1) is 6.92 Å². The molecule has 2 aliphatic rings. The molecule has 142 valence electrons. The fourth-order valence-corrected chi connectivity index (χ4v) is 4.28. The van der Waals surface area contributed by atoms with Crippen molar-refractivity contribution in [1.29, 1.82) is 0 Å². The summed E-state index contributed by atoms with van der Waals surface area (Å²) in [4.78, 5) is 33.5.